The fourth-order valence-electron chi connectivity index (χ4n) is 2.23. The molecule has 0 aromatic heterocycles. The van der Waals surface area contributed by atoms with Crippen molar-refractivity contribution in [2.24, 2.45) is 5.73 Å². The van der Waals surface area contributed by atoms with Crippen LogP contribution >= 0.6 is 0 Å². The van der Waals surface area contributed by atoms with Crippen molar-refractivity contribution in [3.05, 3.63) is 42.0 Å². The van der Waals surface area contributed by atoms with Gasteiger partial charge >= 0.3 is 0 Å². The number of fused-ring (bicyclic) bond motifs is 1. The Labute approximate surface area is 108 Å². The zero-order valence-electron chi connectivity index (χ0n) is 10.9. The van der Waals surface area contributed by atoms with Crippen molar-refractivity contribution in [3.63, 3.8) is 0 Å². The van der Waals surface area contributed by atoms with Gasteiger partial charge in [0.1, 0.15) is 5.75 Å². The summed E-state index contributed by atoms with van der Waals surface area (Å²) in [7, 11) is 3.66. The summed E-state index contributed by atoms with van der Waals surface area (Å²) < 4.78 is 5.23. The Morgan fingerprint density at radius 3 is 2.56 bits per heavy atom. The molecular weight excluding hydrogens is 224 g/mol. The predicted molar refractivity (Wildman–Crippen MR) is 76.0 cm³/mol. The SMILES string of the molecule is CNC(CCN)c1ccc2cc(OC)ccc2c1. The Morgan fingerprint density at radius 2 is 1.89 bits per heavy atom. The Hall–Kier alpha value is -1.58. The van der Waals surface area contributed by atoms with Crippen molar-refractivity contribution in [1.29, 1.82) is 0 Å². The van der Waals surface area contributed by atoms with Gasteiger partial charge in [0.25, 0.3) is 0 Å². The lowest BCUT2D eigenvalue weighted by atomic mass is 10.00. The molecule has 0 aliphatic carbocycles. The van der Waals surface area contributed by atoms with Gasteiger partial charge in [-0.25, -0.2) is 0 Å². The van der Waals surface area contributed by atoms with E-state index in [9.17, 15) is 0 Å². The van der Waals surface area contributed by atoms with Crippen molar-refractivity contribution >= 4 is 10.8 Å². The molecule has 18 heavy (non-hydrogen) atoms. The molecule has 0 bridgehead atoms. The molecule has 96 valence electrons. The molecule has 3 heteroatoms. The number of nitrogens with one attached hydrogen (secondary N) is 1. The van der Waals surface area contributed by atoms with Crippen molar-refractivity contribution in [1.82, 2.24) is 5.32 Å². The molecule has 2 rings (SSSR count). The highest BCUT2D eigenvalue weighted by Crippen LogP contribution is 2.25. The van der Waals surface area contributed by atoms with Crippen LogP contribution in [0.4, 0.5) is 0 Å². The monoisotopic (exact) mass is 244 g/mol. The van der Waals surface area contributed by atoms with E-state index in [4.69, 9.17) is 10.5 Å². The Kier molecular flexibility index (Phi) is 4.18. The van der Waals surface area contributed by atoms with Crippen molar-refractivity contribution in [2.45, 2.75) is 12.5 Å². The van der Waals surface area contributed by atoms with Crippen LogP contribution in [0.3, 0.4) is 0 Å². The van der Waals surface area contributed by atoms with Gasteiger partial charge in [-0.3, -0.25) is 0 Å². The number of hydrogen-bond acceptors (Lipinski definition) is 3. The lowest BCUT2D eigenvalue weighted by Gasteiger charge is -2.16. The van der Waals surface area contributed by atoms with Crippen molar-refractivity contribution < 1.29 is 4.74 Å². The minimum Gasteiger partial charge on any atom is -0.497 e. The standard InChI is InChI=1S/C15H20N2O/c1-17-15(7-8-16)13-4-3-12-10-14(18-2)6-5-11(12)9-13/h3-6,9-10,15,17H,7-8,16H2,1-2H3. The number of hydrogen-bond donors (Lipinski definition) is 2. The molecule has 1 atom stereocenters. The molecule has 0 saturated carbocycles. The zero-order valence-corrected chi connectivity index (χ0v) is 10.9. The third-order valence-electron chi connectivity index (χ3n) is 3.28. The Morgan fingerprint density at radius 1 is 1.17 bits per heavy atom. The number of ether oxygens (including phenoxy) is 1. The molecule has 3 N–H and O–H groups in total. The molecule has 0 amide bonds. The largest absolute Gasteiger partial charge is 0.497 e. The first kappa shape index (κ1) is 12.9. The van der Waals surface area contributed by atoms with Gasteiger partial charge in [0.2, 0.25) is 0 Å². The van der Waals surface area contributed by atoms with E-state index in [1.54, 1.807) is 7.11 Å². The van der Waals surface area contributed by atoms with Crippen LogP contribution in [0.2, 0.25) is 0 Å². The van der Waals surface area contributed by atoms with Gasteiger partial charge in [-0.1, -0.05) is 18.2 Å². The summed E-state index contributed by atoms with van der Waals surface area (Å²) in [5.74, 6) is 0.891. The number of benzene rings is 2. The van der Waals surface area contributed by atoms with Crippen molar-refractivity contribution in [3.8, 4) is 5.75 Å². The maximum atomic E-state index is 5.64. The molecule has 0 aliphatic heterocycles. The summed E-state index contributed by atoms with van der Waals surface area (Å²) in [6.45, 7) is 0.687. The molecule has 0 heterocycles. The van der Waals surface area contributed by atoms with Crippen LogP contribution < -0.4 is 15.8 Å². The van der Waals surface area contributed by atoms with E-state index in [1.165, 1.54) is 16.3 Å². The van der Waals surface area contributed by atoms with Crippen LogP contribution in [0.1, 0.15) is 18.0 Å². The van der Waals surface area contributed by atoms with E-state index in [-0.39, 0.29) is 0 Å². The number of nitrogens with two attached hydrogens (primary N) is 1. The lowest BCUT2D eigenvalue weighted by molar-refractivity contribution is 0.415. The van der Waals surface area contributed by atoms with E-state index < -0.39 is 0 Å². The third-order valence-corrected chi connectivity index (χ3v) is 3.28. The highest BCUT2D eigenvalue weighted by Gasteiger charge is 2.08. The second-order valence-corrected chi connectivity index (χ2v) is 4.39. The first-order chi connectivity index (χ1) is 8.78. The van der Waals surface area contributed by atoms with Crippen LogP contribution in [0, 0.1) is 0 Å². The second kappa shape index (κ2) is 5.85. The van der Waals surface area contributed by atoms with E-state index >= 15 is 0 Å². The molecule has 0 aliphatic rings. The fraction of sp³-hybridized carbons (Fsp3) is 0.333. The number of rotatable bonds is 5. The number of methoxy groups -OCH3 is 1. The van der Waals surface area contributed by atoms with E-state index in [0.717, 1.165) is 12.2 Å². The summed E-state index contributed by atoms with van der Waals surface area (Å²) in [5, 5.41) is 5.72. The molecule has 2 aromatic carbocycles. The Balaban J connectivity index is 2.37. The highest BCUT2D eigenvalue weighted by atomic mass is 16.5. The fourth-order valence-corrected chi connectivity index (χ4v) is 2.23. The van der Waals surface area contributed by atoms with Gasteiger partial charge in [-0.05, 0) is 54.5 Å². The average Bonchev–Trinajstić information content (AvgIpc) is 2.43. The zero-order chi connectivity index (χ0) is 13.0. The highest BCUT2D eigenvalue weighted by molar-refractivity contribution is 5.84. The summed E-state index contributed by atoms with van der Waals surface area (Å²) in [4.78, 5) is 0. The summed E-state index contributed by atoms with van der Waals surface area (Å²) in [5.41, 5.74) is 6.91. The summed E-state index contributed by atoms with van der Waals surface area (Å²) >= 11 is 0. The lowest BCUT2D eigenvalue weighted by Crippen LogP contribution is -2.19. The minimum absolute atomic E-state index is 0.321. The molecule has 0 saturated heterocycles. The minimum atomic E-state index is 0.321. The summed E-state index contributed by atoms with van der Waals surface area (Å²) in [6.07, 6.45) is 0.943. The molecular formula is C15H20N2O. The second-order valence-electron chi connectivity index (χ2n) is 4.39. The first-order valence-electron chi connectivity index (χ1n) is 6.23. The first-order valence-corrected chi connectivity index (χ1v) is 6.23. The van der Waals surface area contributed by atoms with Gasteiger partial charge in [0.05, 0.1) is 7.11 Å². The maximum absolute atomic E-state index is 5.64. The average molecular weight is 244 g/mol. The molecule has 1 unspecified atom stereocenters. The smallest absolute Gasteiger partial charge is 0.119 e. The van der Waals surface area contributed by atoms with E-state index in [1.807, 2.05) is 13.1 Å². The molecule has 3 nitrogen and oxygen atoms in total. The predicted octanol–water partition coefficient (Wildman–Crippen LogP) is 2.46. The van der Waals surface area contributed by atoms with E-state index in [0.29, 0.717) is 12.6 Å². The van der Waals surface area contributed by atoms with Gasteiger partial charge in [-0.2, -0.15) is 0 Å². The molecule has 0 fully saturated rings. The molecule has 0 spiro atoms. The van der Waals surface area contributed by atoms with Gasteiger partial charge in [0.15, 0.2) is 0 Å². The van der Waals surface area contributed by atoms with Crippen LogP contribution in [-0.4, -0.2) is 20.7 Å². The maximum Gasteiger partial charge on any atom is 0.119 e. The van der Waals surface area contributed by atoms with Gasteiger partial charge < -0.3 is 15.8 Å². The quantitative estimate of drug-likeness (QED) is 0.849. The van der Waals surface area contributed by atoms with Crippen molar-refractivity contribution in [2.75, 3.05) is 20.7 Å². The van der Waals surface area contributed by atoms with Crippen LogP contribution in [-0.2, 0) is 0 Å². The topological polar surface area (TPSA) is 47.3 Å². The van der Waals surface area contributed by atoms with Crippen LogP contribution in [0.5, 0.6) is 5.75 Å². The van der Waals surface area contributed by atoms with Gasteiger partial charge in [-0.15, -0.1) is 0 Å². The third kappa shape index (κ3) is 2.63. The van der Waals surface area contributed by atoms with E-state index in [2.05, 4.69) is 35.6 Å². The normalized spacial score (nSPS) is 12.6. The Bertz CT molecular complexity index is 525. The van der Waals surface area contributed by atoms with Gasteiger partial charge in [0, 0.05) is 6.04 Å². The van der Waals surface area contributed by atoms with Crippen LogP contribution in [0.15, 0.2) is 36.4 Å². The molecule has 0 radical (unpaired) electrons. The molecule has 2 aromatic rings. The summed E-state index contributed by atoms with van der Waals surface area (Å²) in [6, 6.07) is 13.0. The van der Waals surface area contributed by atoms with Crippen LogP contribution in [0.25, 0.3) is 10.8 Å².